The quantitative estimate of drug-likeness (QED) is 0.873. The van der Waals surface area contributed by atoms with Crippen LogP contribution in [0.5, 0.6) is 0 Å². The maximum absolute atomic E-state index is 4.58. The number of aryl methyl sites for hydroxylation is 1. The number of nitrogens with one attached hydrogen (secondary N) is 1. The molecule has 0 saturated heterocycles. The first-order chi connectivity index (χ1) is 8.28. The lowest BCUT2D eigenvalue weighted by atomic mass is 10.3. The Morgan fingerprint density at radius 2 is 2.24 bits per heavy atom. The van der Waals surface area contributed by atoms with Crippen LogP contribution in [0.25, 0.3) is 5.82 Å². The summed E-state index contributed by atoms with van der Waals surface area (Å²) >= 11 is 0. The normalized spacial score (nSPS) is 14.9. The molecule has 0 radical (unpaired) electrons. The van der Waals surface area contributed by atoms with Crippen LogP contribution in [0.4, 0.5) is 5.95 Å². The Morgan fingerprint density at radius 3 is 2.94 bits per heavy atom. The van der Waals surface area contributed by atoms with E-state index in [1.807, 2.05) is 31.0 Å². The fraction of sp³-hybridized carbons (Fsp3) is 0.417. The smallest absolute Gasteiger partial charge is 0.224 e. The predicted molar refractivity (Wildman–Crippen MR) is 65.4 cm³/mol. The highest BCUT2D eigenvalue weighted by molar-refractivity contribution is 5.37. The van der Waals surface area contributed by atoms with E-state index in [2.05, 4.69) is 26.4 Å². The molecule has 1 saturated carbocycles. The molecule has 1 aliphatic rings. The molecule has 2 aromatic heterocycles. The van der Waals surface area contributed by atoms with Crippen molar-refractivity contribution in [3.63, 3.8) is 0 Å². The van der Waals surface area contributed by atoms with Crippen molar-refractivity contribution in [2.75, 3.05) is 12.4 Å². The summed E-state index contributed by atoms with van der Waals surface area (Å²) in [4.78, 5) is 8.61. The second-order valence-corrected chi connectivity index (χ2v) is 4.41. The lowest BCUT2D eigenvalue weighted by molar-refractivity contribution is 0.801. The van der Waals surface area contributed by atoms with Gasteiger partial charge in [-0.2, -0.15) is 10.1 Å². The van der Waals surface area contributed by atoms with Gasteiger partial charge in [0.25, 0.3) is 0 Å². The molecular weight excluding hydrogens is 214 g/mol. The molecule has 0 bridgehead atoms. The average Bonchev–Trinajstić information content (AvgIpc) is 3.09. The summed E-state index contributed by atoms with van der Waals surface area (Å²) in [7, 11) is 1.81. The third kappa shape index (κ3) is 1.88. The fourth-order valence-corrected chi connectivity index (χ4v) is 1.84. The Bertz CT molecular complexity index is 542. The van der Waals surface area contributed by atoms with Crippen LogP contribution in [0.15, 0.2) is 18.5 Å². The Balaban J connectivity index is 2.00. The van der Waals surface area contributed by atoms with E-state index in [1.165, 1.54) is 18.5 Å². The van der Waals surface area contributed by atoms with Gasteiger partial charge in [0, 0.05) is 30.9 Å². The minimum absolute atomic E-state index is 0.620. The van der Waals surface area contributed by atoms with Crippen molar-refractivity contribution in [3.8, 4) is 5.82 Å². The van der Waals surface area contributed by atoms with E-state index in [0.29, 0.717) is 11.9 Å². The van der Waals surface area contributed by atoms with Crippen LogP contribution >= 0.6 is 0 Å². The number of hydrogen-bond donors (Lipinski definition) is 1. The maximum Gasteiger partial charge on any atom is 0.224 e. The van der Waals surface area contributed by atoms with E-state index in [-0.39, 0.29) is 0 Å². The molecule has 0 unspecified atom stereocenters. The summed E-state index contributed by atoms with van der Waals surface area (Å²) in [6, 6.07) is 2.08. The Kier molecular flexibility index (Phi) is 2.31. The summed E-state index contributed by atoms with van der Waals surface area (Å²) in [6.07, 6.45) is 6.32. The molecule has 0 aromatic carbocycles. The summed E-state index contributed by atoms with van der Waals surface area (Å²) in [5, 5.41) is 7.52. The summed E-state index contributed by atoms with van der Waals surface area (Å²) < 4.78 is 1.84. The number of hydrogen-bond acceptors (Lipinski definition) is 4. The molecule has 1 fully saturated rings. The van der Waals surface area contributed by atoms with Gasteiger partial charge < -0.3 is 5.32 Å². The average molecular weight is 229 g/mol. The molecule has 1 aliphatic carbocycles. The lowest BCUT2D eigenvalue weighted by Crippen LogP contribution is -2.06. The molecule has 0 spiro atoms. The summed E-state index contributed by atoms with van der Waals surface area (Å²) in [5.41, 5.74) is 2.20. The molecule has 5 heteroatoms. The van der Waals surface area contributed by atoms with Crippen LogP contribution in [-0.4, -0.2) is 26.8 Å². The van der Waals surface area contributed by atoms with E-state index < -0.39 is 0 Å². The zero-order chi connectivity index (χ0) is 11.8. The van der Waals surface area contributed by atoms with Crippen LogP contribution < -0.4 is 5.32 Å². The van der Waals surface area contributed by atoms with Crippen LogP contribution in [-0.2, 0) is 0 Å². The predicted octanol–water partition coefficient (Wildman–Crippen LogP) is 1.89. The Hall–Kier alpha value is -1.91. The molecule has 17 heavy (non-hydrogen) atoms. The molecule has 88 valence electrons. The minimum atomic E-state index is 0.620. The topological polar surface area (TPSA) is 55.6 Å². The van der Waals surface area contributed by atoms with Crippen molar-refractivity contribution in [2.24, 2.45) is 0 Å². The molecular formula is C12H15N5. The number of nitrogens with zero attached hydrogens (tertiary/aromatic N) is 4. The van der Waals surface area contributed by atoms with Gasteiger partial charge >= 0.3 is 0 Å². The van der Waals surface area contributed by atoms with Crippen molar-refractivity contribution >= 4 is 5.95 Å². The first-order valence-electron chi connectivity index (χ1n) is 5.85. The van der Waals surface area contributed by atoms with E-state index >= 15 is 0 Å². The standard InChI is InChI=1S/C12H15N5/c1-8-7-14-12(13-2)15-11(8)17-6-5-10(16-17)9-3-4-9/h5-7,9H,3-4H2,1-2H3,(H,13,14,15). The molecule has 1 N–H and O–H groups in total. The van der Waals surface area contributed by atoms with E-state index in [0.717, 1.165) is 11.4 Å². The van der Waals surface area contributed by atoms with Crippen molar-refractivity contribution in [1.29, 1.82) is 0 Å². The van der Waals surface area contributed by atoms with E-state index in [1.54, 1.807) is 0 Å². The third-order valence-corrected chi connectivity index (χ3v) is 2.99. The highest BCUT2D eigenvalue weighted by atomic mass is 15.3. The molecule has 0 aliphatic heterocycles. The van der Waals surface area contributed by atoms with Gasteiger partial charge in [0.05, 0.1) is 5.69 Å². The molecule has 3 rings (SSSR count). The van der Waals surface area contributed by atoms with E-state index in [4.69, 9.17) is 0 Å². The molecule has 0 atom stereocenters. The van der Waals surface area contributed by atoms with Gasteiger partial charge in [-0.15, -0.1) is 0 Å². The van der Waals surface area contributed by atoms with Gasteiger partial charge in [-0.25, -0.2) is 9.67 Å². The first kappa shape index (κ1) is 10.3. The summed E-state index contributed by atoms with van der Waals surface area (Å²) in [6.45, 7) is 1.99. The zero-order valence-electron chi connectivity index (χ0n) is 10.0. The van der Waals surface area contributed by atoms with Gasteiger partial charge in [0.2, 0.25) is 5.95 Å². The monoisotopic (exact) mass is 229 g/mol. The molecule has 0 amide bonds. The summed E-state index contributed by atoms with van der Waals surface area (Å²) in [5.74, 6) is 2.13. The third-order valence-electron chi connectivity index (χ3n) is 2.99. The Labute approximate surface area is 99.9 Å². The van der Waals surface area contributed by atoms with Crippen LogP contribution in [0.3, 0.4) is 0 Å². The maximum atomic E-state index is 4.58. The highest BCUT2D eigenvalue weighted by Gasteiger charge is 2.26. The number of rotatable bonds is 3. The second kappa shape index (κ2) is 3.84. The zero-order valence-corrected chi connectivity index (χ0v) is 10.0. The minimum Gasteiger partial charge on any atom is -0.357 e. The van der Waals surface area contributed by atoms with Crippen molar-refractivity contribution in [3.05, 3.63) is 29.7 Å². The first-order valence-corrected chi connectivity index (χ1v) is 5.85. The van der Waals surface area contributed by atoms with Gasteiger partial charge in [-0.05, 0) is 25.8 Å². The van der Waals surface area contributed by atoms with Gasteiger partial charge in [-0.1, -0.05) is 0 Å². The van der Waals surface area contributed by atoms with Crippen LogP contribution in [0, 0.1) is 6.92 Å². The van der Waals surface area contributed by atoms with Gasteiger partial charge in [0.15, 0.2) is 5.82 Å². The van der Waals surface area contributed by atoms with Gasteiger partial charge in [0.1, 0.15) is 0 Å². The Morgan fingerprint density at radius 1 is 1.41 bits per heavy atom. The SMILES string of the molecule is CNc1ncc(C)c(-n2ccc(C3CC3)n2)n1. The molecule has 5 nitrogen and oxygen atoms in total. The second-order valence-electron chi connectivity index (χ2n) is 4.41. The number of anilines is 1. The molecule has 2 aromatic rings. The van der Waals surface area contributed by atoms with Crippen LogP contribution in [0.1, 0.15) is 30.0 Å². The largest absolute Gasteiger partial charge is 0.357 e. The van der Waals surface area contributed by atoms with Crippen molar-refractivity contribution < 1.29 is 0 Å². The van der Waals surface area contributed by atoms with E-state index in [9.17, 15) is 0 Å². The lowest BCUT2D eigenvalue weighted by Gasteiger charge is -2.06. The van der Waals surface area contributed by atoms with Crippen molar-refractivity contribution in [2.45, 2.75) is 25.7 Å². The fourth-order valence-electron chi connectivity index (χ4n) is 1.84. The van der Waals surface area contributed by atoms with Crippen molar-refractivity contribution in [1.82, 2.24) is 19.7 Å². The number of aromatic nitrogens is 4. The van der Waals surface area contributed by atoms with Gasteiger partial charge in [-0.3, -0.25) is 0 Å². The van der Waals surface area contributed by atoms with Crippen LogP contribution in [0.2, 0.25) is 0 Å². The molecule has 2 heterocycles. The highest BCUT2D eigenvalue weighted by Crippen LogP contribution is 2.39.